The van der Waals surface area contributed by atoms with Gasteiger partial charge in [0.05, 0.1) is 0 Å². The van der Waals surface area contributed by atoms with E-state index in [1.54, 1.807) is 12.4 Å². The fraction of sp³-hybridized carbons (Fsp3) is 0. The SMILES string of the molecule is O=P(c1ccccc1)(c1ccccc1)c1ccc(-n2ccnc2-c2nccn2-c2ccc(P(=O)(c3ccccc3)c3ccccc3)cc2)cc1. The Morgan fingerprint density at radius 1 is 0.340 bits per heavy atom. The molecule has 0 saturated heterocycles. The Bertz CT molecular complexity index is 2200. The summed E-state index contributed by atoms with van der Waals surface area (Å²) in [5.41, 5.74) is 1.73. The maximum Gasteiger partial charge on any atom is 0.181 e. The maximum absolute atomic E-state index is 14.9. The number of hydrogen-bond acceptors (Lipinski definition) is 4. The average molecular weight is 687 g/mol. The lowest BCUT2D eigenvalue weighted by molar-refractivity contribution is 0.591. The summed E-state index contributed by atoms with van der Waals surface area (Å²) in [6.07, 6.45) is 7.30. The topological polar surface area (TPSA) is 69.8 Å². The predicted molar refractivity (Wildman–Crippen MR) is 205 cm³/mol. The summed E-state index contributed by atoms with van der Waals surface area (Å²) < 4.78 is 33.7. The van der Waals surface area contributed by atoms with Crippen LogP contribution in [0.2, 0.25) is 0 Å². The Labute approximate surface area is 291 Å². The molecule has 0 bridgehead atoms. The van der Waals surface area contributed by atoms with Crippen molar-refractivity contribution in [3.05, 3.63) is 195 Å². The van der Waals surface area contributed by atoms with Crippen LogP contribution in [0.5, 0.6) is 0 Å². The van der Waals surface area contributed by atoms with Crippen molar-refractivity contribution in [2.24, 2.45) is 0 Å². The van der Waals surface area contributed by atoms with E-state index in [-0.39, 0.29) is 0 Å². The van der Waals surface area contributed by atoms with Crippen molar-refractivity contribution in [1.82, 2.24) is 19.1 Å². The van der Waals surface area contributed by atoms with Crippen LogP contribution >= 0.6 is 14.3 Å². The molecule has 0 aliphatic heterocycles. The molecular weight excluding hydrogens is 654 g/mol. The molecule has 6 aromatic carbocycles. The van der Waals surface area contributed by atoms with Crippen molar-refractivity contribution < 1.29 is 9.13 Å². The van der Waals surface area contributed by atoms with Gasteiger partial charge in [-0.15, -0.1) is 0 Å². The Morgan fingerprint density at radius 3 is 0.880 bits per heavy atom. The van der Waals surface area contributed by atoms with Crippen LogP contribution in [0.3, 0.4) is 0 Å². The molecule has 8 aromatic rings. The molecule has 0 aliphatic rings. The third-order valence-electron chi connectivity index (χ3n) is 8.94. The number of aromatic nitrogens is 4. The molecule has 8 heteroatoms. The molecule has 0 saturated carbocycles. The minimum atomic E-state index is -3.10. The zero-order valence-electron chi connectivity index (χ0n) is 27.0. The van der Waals surface area contributed by atoms with Gasteiger partial charge in [0.1, 0.15) is 0 Å². The van der Waals surface area contributed by atoms with Gasteiger partial charge in [-0.25, -0.2) is 9.97 Å². The first-order chi connectivity index (χ1) is 24.6. The third kappa shape index (κ3) is 5.49. The van der Waals surface area contributed by atoms with Gasteiger partial charge in [-0.1, -0.05) is 121 Å². The lowest BCUT2D eigenvalue weighted by Gasteiger charge is -2.20. The maximum atomic E-state index is 14.9. The second-order valence-corrected chi connectivity index (χ2v) is 17.4. The van der Waals surface area contributed by atoms with Crippen LogP contribution in [0.1, 0.15) is 0 Å². The van der Waals surface area contributed by atoms with E-state index >= 15 is 0 Å². The second-order valence-electron chi connectivity index (χ2n) is 11.8. The van der Waals surface area contributed by atoms with Gasteiger partial charge in [-0.3, -0.25) is 9.13 Å². The van der Waals surface area contributed by atoms with Gasteiger partial charge in [0, 0.05) is 68.0 Å². The molecular formula is C42H32N4O2P2. The standard InChI is InChI=1S/C42H32N4O2P2/c47-49(35-13-5-1-6-14-35,36-15-7-2-8-16-36)39-25-21-33(22-26-39)45-31-29-43-41(45)42-44-30-32-46(42)34-23-27-40(28-24-34)50(48,37-17-9-3-10-18-37)38-19-11-4-12-20-38/h1-32H. The zero-order chi connectivity index (χ0) is 34.0. The van der Waals surface area contributed by atoms with Crippen molar-refractivity contribution in [3.63, 3.8) is 0 Å². The summed E-state index contributed by atoms with van der Waals surface area (Å²) in [7, 11) is -6.20. The first-order valence-electron chi connectivity index (χ1n) is 16.3. The molecule has 0 amide bonds. The highest BCUT2D eigenvalue weighted by atomic mass is 31.2. The summed E-state index contributed by atoms with van der Waals surface area (Å²) in [4.78, 5) is 9.41. The lowest BCUT2D eigenvalue weighted by atomic mass is 10.3. The average Bonchev–Trinajstić information content (AvgIpc) is 3.89. The number of nitrogens with zero attached hydrogens (tertiary/aromatic N) is 4. The van der Waals surface area contributed by atoms with E-state index in [4.69, 9.17) is 9.97 Å². The molecule has 242 valence electrons. The smallest absolute Gasteiger partial charge is 0.181 e. The Balaban J connectivity index is 1.14. The van der Waals surface area contributed by atoms with Gasteiger partial charge in [-0.05, 0) is 48.5 Å². The van der Waals surface area contributed by atoms with Crippen LogP contribution in [0.4, 0.5) is 0 Å². The highest BCUT2D eigenvalue weighted by Gasteiger charge is 2.31. The van der Waals surface area contributed by atoms with Crippen LogP contribution in [-0.2, 0) is 9.13 Å². The molecule has 8 rings (SSSR count). The summed E-state index contributed by atoms with van der Waals surface area (Å²) in [6, 6.07) is 54.4. The van der Waals surface area contributed by atoms with E-state index in [0.29, 0.717) is 11.6 Å². The van der Waals surface area contributed by atoms with E-state index in [1.165, 1.54) is 0 Å². The summed E-state index contributed by atoms with van der Waals surface area (Å²) in [5.74, 6) is 1.31. The van der Waals surface area contributed by atoms with E-state index in [2.05, 4.69) is 0 Å². The van der Waals surface area contributed by atoms with Gasteiger partial charge in [0.15, 0.2) is 25.9 Å². The Morgan fingerprint density at radius 2 is 0.600 bits per heavy atom. The van der Waals surface area contributed by atoms with Gasteiger partial charge in [-0.2, -0.15) is 0 Å². The van der Waals surface area contributed by atoms with E-state index in [9.17, 15) is 9.13 Å². The van der Waals surface area contributed by atoms with Crippen LogP contribution in [0.25, 0.3) is 23.0 Å². The fourth-order valence-electron chi connectivity index (χ4n) is 6.45. The summed E-state index contributed by atoms with van der Waals surface area (Å²) in [6.45, 7) is 0. The highest BCUT2D eigenvalue weighted by molar-refractivity contribution is 7.85. The largest absolute Gasteiger partial charge is 0.309 e. The first-order valence-corrected chi connectivity index (χ1v) is 19.7. The van der Waals surface area contributed by atoms with Gasteiger partial charge in [0.25, 0.3) is 0 Å². The monoisotopic (exact) mass is 686 g/mol. The van der Waals surface area contributed by atoms with Crippen molar-refractivity contribution >= 4 is 46.1 Å². The van der Waals surface area contributed by atoms with Crippen LogP contribution in [-0.4, -0.2) is 19.1 Å². The number of imidazole rings is 2. The molecule has 2 aromatic heterocycles. The Hall–Kier alpha value is -5.80. The molecule has 0 atom stereocenters. The molecule has 50 heavy (non-hydrogen) atoms. The minimum absolute atomic E-state index is 0.653. The number of benzene rings is 6. The molecule has 0 N–H and O–H groups in total. The normalized spacial score (nSPS) is 11.8. The quantitative estimate of drug-likeness (QED) is 0.153. The van der Waals surface area contributed by atoms with Crippen molar-refractivity contribution in [2.45, 2.75) is 0 Å². The van der Waals surface area contributed by atoms with Crippen molar-refractivity contribution in [3.8, 4) is 23.0 Å². The fourth-order valence-corrected chi connectivity index (χ4v) is 11.7. The molecule has 0 fully saturated rings. The summed E-state index contributed by atoms with van der Waals surface area (Å²) >= 11 is 0. The molecule has 2 heterocycles. The first kappa shape index (κ1) is 31.5. The van der Waals surface area contributed by atoms with Crippen molar-refractivity contribution in [1.29, 1.82) is 0 Å². The lowest BCUT2D eigenvalue weighted by Crippen LogP contribution is -2.25. The van der Waals surface area contributed by atoms with Gasteiger partial charge < -0.3 is 9.13 Å². The molecule has 0 spiro atoms. The van der Waals surface area contributed by atoms with Crippen LogP contribution in [0, 0.1) is 0 Å². The van der Waals surface area contributed by atoms with Gasteiger partial charge in [0.2, 0.25) is 0 Å². The predicted octanol–water partition coefficient (Wildman–Crippen LogP) is 7.00. The number of hydrogen-bond donors (Lipinski definition) is 0. The second kappa shape index (κ2) is 13.2. The molecule has 0 radical (unpaired) electrons. The molecule has 0 aliphatic carbocycles. The number of rotatable bonds is 9. The van der Waals surface area contributed by atoms with Crippen molar-refractivity contribution in [2.75, 3.05) is 0 Å². The summed E-state index contributed by atoms with van der Waals surface area (Å²) in [5, 5.41) is 4.67. The van der Waals surface area contributed by atoms with Crippen LogP contribution < -0.4 is 31.8 Å². The molecule has 0 unspecified atom stereocenters. The van der Waals surface area contributed by atoms with E-state index < -0.39 is 14.3 Å². The minimum Gasteiger partial charge on any atom is -0.309 e. The highest BCUT2D eigenvalue weighted by Crippen LogP contribution is 2.43. The van der Waals surface area contributed by atoms with Crippen LogP contribution in [0.15, 0.2) is 195 Å². The van der Waals surface area contributed by atoms with Gasteiger partial charge >= 0.3 is 0 Å². The third-order valence-corrected chi connectivity index (χ3v) is 15.1. The molecule has 6 nitrogen and oxygen atoms in total. The van der Waals surface area contributed by atoms with E-state index in [1.807, 2.05) is 191 Å². The Kier molecular flexibility index (Phi) is 8.34. The zero-order valence-corrected chi connectivity index (χ0v) is 28.8. The van der Waals surface area contributed by atoms with E-state index in [0.717, 1.165) is 43.2 Å².